The van der Waals surface area contributed by atoms with Gasteiger partial charge in [-0.1, -0.05) is 29.8 Å². The first-order valence-corrected chi connectivity index (χ1v) is 11.4. The molecule has 1 aliphatic heterocycles. The van der Waals surface area contributed by atoms with Crippen molar-refractivity contribution < 1.29 is 29.1 Å². The number of imide groups is 1. The molecule has 0 aromatic heterocycles. The minimum atomic E-state index is -1.18. The number of anilines is 1. The number of benzene rings is 3. The highest BCUT2D eigenvalue weighted by atomic mass is 16.4. The zero-order valence-electron chi connectivity index (χ0n) is 19.6. The number of nitrogens with zero attached hydrogens (tertiary/aromatic N) is 1. The number of carbonyl (C=O) groups excluding carboxylic acids is 4. The molecule has 0 aliphatic carbocycles. The molecule has 1 aliphatic rings. The van der Waals surface area contributed by atoms with Gasteiger partial charge in [0.25, 0.3) is 17.7 Å². The fourth-order valence-electron chi connectivity index (χ4n) is 4.03. The number of ketones is 1. The fraction of sp³-hybridized carbons (Fsp3) is 0.179. The molecule has 8 heteroatoms. The molecule has 3 aromatic rings. The van der Waals surface area contributed by atoms with E-state index in [1.807, 2.05) is 19.1 Å². The number of carboxylic acid groups (broad SMARTS) is 1. The van der Waals surface area contributed by atoms with Crippen molar-refractivity contribution in [1.82, 2.24) is 4.90 Å². The number of Topliss-reactive ketones (excluding diaryl/α,β-unsaturated/α-hetero) is 1. The van der Waals surface area contributed by atoms with Crippen molar-refractivity contribution in [3.63, 3.8) is 0 Å². The second-order valence-corrected chi connectivity index (χ2v) is 8.66. The Balaban J connectivity index is 1.35. The van der Waals surface area contributed by atoms with Crippen molar-refractivity contribution in [3.05, 3.63) is 101 Å². The minimum Gasteiger partial charge on any atom is -0.481 e. The summed E-state index contributed by atoms with van der Waals surface area (Å²) in [5.41, 5.74) is 2.92. The molecule has 4 rings (SSSR count). The quantitative estimate of drug-likeness (QED) is 0.347. The van der Waals surface area contributed by atoms with Crippen LogP contribution < -0.4 is 5.32 Å². The van der Waals surface area contributed by atoms with Crippen molar-refractivity contribution in [2.24, 2.45) is 5.92 Å². The molecular formula is C28H24N2O6. The number of aryl methyl sites for hydroxylation is 1. The summed E-state index contributed by atoms with van der Waals surface area (Å²) in [6.45, 7) is 1.83. The van der Waals surface area contributed by atoms with Gasteiger partial charge in [0.1, 0.15) is 0 Å². The first kappa shape index (κ1) is 24.5. The van der Waals surface area contributed by atoms with Crippen LogP contribution in [0.15, 0.2) is 72.8 Å². The summed E-state index contributed by atoms with van der Waals surface area (Å²) < 4.78 is 0. The first-order chi connectivity index (χ1) is 17.2. The Labute approximate surface area is 207 Å². The highest BCUT2D eigenvalue weighted by Gasteiger charge is 2.36. The van der Waals surface area contributed by atoms with E-state index in [9.17, 15) is 29.1 Å². The zero-order valence-corrected chi connectivity index (χ0v) is 19.6. The van der Waals surface area contributed by atoms with E-state index >= 15 is 0 Å². The van der Waals surface area contributed by atoms with Gasteiger partial charge in [0.15, 0.2) is 5.78 Å². The molecule has 1 unspecified atom stereocenters. The normalized spacial score (nSPS) is 13.3. The maximum absolute atomic E-state index is 12.8. The molecule has 36 heavy (non-hydrogen) atoms. The van der Waals surface area contributed by atoms with E-state index in [1.54, 1.807) is 48.5 Å². The molecular weight excluding hydrogens is 460 g/mol. The third-order valence-electron chi connectivity index (χ3n) is 6.14. The van der Waals surface area contributed by atoms with Gasteiger partial charge in [0.05, 0.1) is 17.0 Å². The van der Waals surface area contributed by atoms with E-state index in [1.165, 1.54) is 12.1 Å². The average molecular weight is 485 g/mol. The number of carbonyl (C=O) groups is 5. The number of aliphatic carboxylic acids is 1. The number of amides is 3. The smallest absolute Gasteiger partial charge is 0.307 e. The summed E-state index contributed by atoms with van der Waals surface area (Å²) in [7, 11) is 0. The maximum Gasteiger partial charge on any atom is 0.307 e. The fourth-order valence-corrected chi connectivity index (χ4v) is 4.03. The topological polar surface area (TPSA) is 121 Å². The molecule has 0 saturated heterocycles. The molecule has 8 nitrogen and oxygen atoms in total. The van der Waals surface area contributed by atoms with Gasteiger partial charge in [0.2, 0.25) is 0 Å². The Bertz CT molecular complexity index is 1310. The Kier molecular flexibility index (Phi) is 7.05. The predicted octanol–water partition coefficient (Wildman–Crippen LogP) is 4.21. The van der Waals surface area contributed by atoms with Crippen LogP contribution in [0.3, 0.4) is 0 Å². The average Bonchev–Trinajstić information content (AvgIpc) is 3.11. The lowest BCUT2D eigenvalue weighted by Crippen LogP contribution is -2.33. The van der Waals surface area contributed by atoms with Crippen LogP contribution in [0.1, 0.15) is 59.8 Å². The first-order valence-electron chi connectivity index (χ1n) is 11.4. The minimum absolute atomic E-state index is 0.0444. The van der Waals surface area contributed by atoms with Crippen LogP contribution in [-0.4, -0.2) is 46.0 Å². The third kappa shape index (κ3) is 5.22. The number of fused-ring (bicyclic) bond motifs is 1. The van der Waals surface area contributed by atoms with E-state index in [0.29, 0.717) is 27.9 Å². The number of hydrogen-bond donors (Lipinski definition) is 2. The van der Waals surface area contributed by atoms with Crippen molar-refractivity contribution >= 4 is 35.2 Å². The van der Waals surface area contributed by atoms with Crippen molar-refractivity contribution in [3.8, 4) is 0 Å². The zero-order chi connectivity index (χ0) is 25.8. The Morgan fingerprint density at radius 3 is 1.94 bits per heavy atom. The highest BCUT2D eigenvalue weighted by Crippen LogP contribution is 2.24. The second-order valence-electron chi connectivity index (χ2n) is 8.66. The lowest BCUT2D eigenvalue weighted by atomic mass is 9.95. The molecule has 0 bridgehead atoms. The predicted molar refractivity (Wildman–Crippen MR) is 132 cm³/mol. The summed E-state index contributed by atoms with van der Waals surface area (Å²) in [5.74, 6) is -3.84. The van der Waals surface area contributed by atoms with Crippen LogP contribution in [0.4, 0.5) is 5.69 Å². The highest BCUT2D eigenvalue weighted by molar-refractivity contribution is 6.21. The van der Waals surface area contributed by atoms with E-state index in [0.717, 1.165) is 10.5 Å². The van der Waals surface area contributed by atoms with Crippen LogP contribution in [0.25, 0.3) is 0 Å². The van der Waals surface area contributed by atoms with Gasteiger partial charge in [-0.3, -0.25) is 28.9 Å². The summed E-state index contributed by atoms with van der Waals surface area (Å²) in [4.78, 5) is 63.0. The summed E-state index contributed by atoms with van der Waals surface area (Å²) in [6, 6.07) is 19.7. The van der Waals surface area contributed by atoms with Crippen LogP contribution >= 0.6 is 0 Å². The molecule has 2 N–H and O–H groups in total. The molecule has 3 aromatic carbocycles. The summed E-state index contributed by atoms with van der Waals surface area (Å²) in [5, 5.41) is 12.4. The maximum atomic E-state index is 12.8. The molecule has 182 valence electrons. The van der Waals surface area contributed by atoms with Gasteiger partial charge >= 0.3 is 5.97 Å². The van der Waals surface area contributed by atoms with Crippen molar-refractivity contribution in [2.45, 2.75) is 19.8 Å². The molecule has 0 fully saturated rings. The number of nitrogens with one attached hydrogen (secondary N) is 1. The molecule has 0 radical (unpaired) electrons. The monoisotopic (exact) mass is 484 g/mol. The van der Waals surface area contributed by atoms with E-state index in [4.69, 9.17) is 0 Å². The molecule has 1 atom stereocenters. The SMILES string of the molecule is Cc1ccc(C(=O)Nc2ccc(C(=O)CC(CCN3C(=O)c4ccccc4C3=O)C(=O)O)cc2)cc1. The van der Waals surface area contributed by atoms with Gasteiger partial charge in [0, 0.05) is 29.8 Å². The Morgan fingerprint density at radius 1 is 0.833 bits per heavy atom. The lowest BCUT2D eigenvalue weighted by Gasteiger charge is -2.17. The molecule has 0 spiro atoms. The van der Waals surface area contributed by atoms with Crippen LogP contribution in [0.2, 0.25) is 0 Å². The molecule has 1 heterocycles. The largest absolute Gasteiger partial charge is 0.481 e. The molecule has 0 saturated carbocycles. The standard InChI is InChI=1S/C28H24N2O6/c1-17-6-8-19(9-7-17)25(32)29-21-12-10-18(11-13-21)24(31)16-20(28(35)36)14-15-30-26(33)22-4-2-3-5-23(22)27(30)34/h2-13,20H,14-16H2,1H3,(H,29,32)(H,35,36). The van der Waals surface area contributed by atoms with Gasteiger partial charge in [-0.25, -0.2) is 0 Å². The van der Waals surface area contributed by atoms with Crippen LogP contribution in [0.5, 0.6) is 0 Å². The van der Waals surface area contributed by atoms with E-state index < -0.39 is 23.7 Å². The number of rotatable bonds is 9. The van der Waals surface area contributed by atoms with Crippen molar-refractivity contribution in [2.75, 3.05) is 11.9 Å². The van der Waals surface area contributed by atoms with Gasteiger partial charge < -0.3 is 10.4 Å². The van der Waals surface area contributed by atoms with Crippen LogP contribution in [-0.2, 0) is 4.79 Å². The third-order valence-corrected chi connectivity index (χ3v) is 6.14. The number of carboxylic acids is 1. The van der Waals surface area contributed by atoms with E-state index in [2.05, 4.69) is 5.32 Å². The van der Waals surface area contributed by atoms with Crippen molar-refractivity contribution in [1.29, 1.82) is 0 Å². The van der Waals surface area contributed by atoms with Gasteiger partial charge in [-0.2, -0.15) is 0 Å². The van der Waals surface area contributed by atoms with Gasteiger partial charge in [-0.05, 0) is 61.9 Å². The second kappa shape index (κ2) is 10.4. The lowest BCUT2D eigenvalue weighted by molar-refractivity contribution is -0.142. The Morgan fingerprint density at radius 2 is 1.39 bits per heavy atom. The summed E-state index contributed by atoms with van der Waals surface area (Å²) in [6.07, 6.45) is -0.329. The van der Waals surface area contributed by atoms with Crippen LogP contribution in [0, 0.1) is 12.8 Å². The van der Waals surface area contributed by atoms with Gasteiger partial charge in [-0.15, -0.1) is 0 Å². The molecule has 3 amide bonds. The number of hydrogen-bond acceptors (Lipinski definition) is 5. The summed E-state index contributed by atoms with van der Waals surface area (Å²) >= 11 is 0. The van der Waals surface area contributed by atoms with E-state index in [-0.39, 0.29) is 31.1 Å². The Hall–Kier alpha value is -4.59.